The smallest absolute Gasteiger partial charge is 0.0663 e. The molecule has 0 radical (unpaired) electrons. The van der Waals surface area contributed by atoms with Crippen molar-refractivity contribution in [1.82, 2.24) is 14.7 Å². The van der Waals surface area contributed by atoms with Crippen molar-refractivity contribution in [3.05, 3.63) is 52.3 Å². The SMILES string of the molecule is Cl.Cn1ncc(Br)c1CN(CCN)Cc1ccccc1. The molecule has 0 aliphatic carbocycles. The van der Waals surface area contributed by atoms with Crippen LogP contribution in [0.4, 0.5) is 0 Å². The van der Waals surface area contributed by atoms with Crippen LogP contribution in [-0.4, -0.2) is 27.8 Å². The topological polar surface area (TPSA) is 47.1 Å². The molecule has 0 saturated heterocycles. The van der Waals surface area contributed by atoms with Crippen molar-refractivity contribution in [2.45, 2.75) is 13.1 Å². The van der Waals surface area contributed by atoms with Gasteiger partial charge in [0.05, 0.1) is 16.4 Å². The van der Waals surface area contributed by atoms with Gasteiger partial charge in [0.15, 0.2) is 0 Å². The van der Waals surface area contributed by atoms with Crippen LogP contribution in [0.15, 0.2) is 41.0 Å². The van der Waals surface area contributed by atoms with Crippen molar-refractivity contribution in [3.8, 4) is 0 Å². The predicted molar refractivity (Wildman–Crippen MR) is 87.8 cm³/mol. The number of rotatable bonds is 6. The van der Waals surface area contributed by atoms with Gasteiger partial charge in [-0.1, -0.05) is 30.3 Å². The largest absolute Gasteiger partial charge is 0.329 e. The fourth-order valence-corrected chi connectivity index (χ4v) is 2.54. The van der Waals surface area contributed by atoms with E-state index in [0.717, 1.165) is 24.1 Å². The van der Waals surface area contributed by atoms with Gasteiger partial charge in [-0.05, 0) is 21.5 Å². The second kappa shape index (κ2) is 8.42. The summed E-state index contributed by atoms with van der Waals surface area (Å²) in [6.45, 7) is 3.26. The average Bonchev–Trinajstić information content (AvgIpc) is 2.72. The van der Waals surface area contributed by atoms with Crippen molar-refractivity contribution in [2.24, 2.45) is 12.8 Å². The van der Waals surface area contributed by atoms with E-state index >= 15 is 0 Å². The molecule has 0 unspecified atom stereocenters. The Morgan fingerprint density at radius 3 is 2.50 bits per heavy atom. The first-order valence-electron chi connectivity index (χ1n) is 6.33. The molecular weight excluding hydrogens is 340 g/mol. The summed E-state index contributed by atoms with van der Waals surface area (Å²) >= 11 is 3.54. The lowest BCUT2D eigenvalue weighted by Gasteiger charge is -2.22. The van der Waals surface area contributed by atoms with E-state index in [-0.39, 0.29) is 12.4 Å². The van der Waals surface area contributed by atoms with Gasteiger partial charge in [-0.15, -0.1) is 12.4 Å². The minimum absolute atomic E-state index is 0. The van der Waals surface area contributed by atoms with Crippen LogP contribution < -0.4 is 5.73 Å². The molecule has 0 aliphatic rings. The molecule has 20 heavy (non-hydrogen) atoms. The monoisotopic (exact) mass is 358 g/mol. The summed E-state index contributed by atoms with van der Waals surface area (Å²) in [4.78, 5) is 2.33. The van der Waals surface area contributed by atoms with Crippen LogP contribution in [0.25, 0.3) is 0 Å². The third kappa shape index (κ3) is 4.59. The zero-order valence-corrected chi connectivity index (χ0v) is 13.9. The van der Waals surface area contributed by atoms with Gasteiger partial charge in [0.1, 0.15) is 0 Å². The van der Waals surface area contributed by atoms with E-state index in [1.54, 1.807) is 0 Å². The van der Waals surface area contributed by atoms with Crippen LogP contribution >= 0.6 is 28.3 Å². The highest BCUT2D eigenvalue weighted by molar-refractivity contribution is 9.10. The number of hydrogen-bond acceptors (Lipinski definition) is 3. The van der Waals surface area contributed by atoms with E-state index in [0.29, 0.717) is 6.54 Å². The molecule has 0 atom stereocenters. The lowest BCUT2D eigenvalue weighted by atomic mass is 10.2. The summed E-state index contributed by atoms with van der Waals surface area (Å²) in [5.41, 5.74) is 8.18. The van der Waals surface area contributed by atoms with Crippen LogP contribution in [0.5, 0.6) is 0 Å². The van der Waals surface area contributed by atoms with E-state index in [1.165, 1.54) is 11.3 Å². The number of nitrogens with two attached hydrogens (primary N) is 1. The summed E-state index contributed by atoms with van der Waals surface area (Å²) in [6.07, 6.45) is 1.83. The summed E-state index contributed by atoms with van der Waals surface area (Å²) in [5, 5.41) is 4.25. The normalized spacial score (nSPS) is 10.6. The first-order valence-corrected chi connectivity index (χ1v) is 7.12. The van der Waals surface area contributed by atoms with Gasteiger partial charge in [-0.2, -0.15) is 5.10 Å². The van der Waals surface area contributed by atoms with Gasteiger partial charge >= 0.3 is 0 Å². The molecule has 6 heteroatoms. The number of halogens is 2. The van der Waals surface area contributed by atoms with E-state index in [4.69, 9.17) is 5.73 Å². The standard InChI is InChI=1S/C14H19BrN4.ClH/c1-18-14(13(15)9-17-18)11-19(8-7-16)10-12-5-3-2-4-6-12;/h2-6,9H,7-8,10-11,16H2,1H3;1H. The van der Waals surface area contributed by atoms with Gasteiger partial charge in [0.25, 0.3) is 0 Å². The quantitative estimate of drug-likeness (QED) is 0.862. The maximum atomic E-state index is 5.71. The van der Waals surface area contributed by atoms with E-state index in [9.17, 15) is 0 Å². The van der Waals surface area contributed by atoms with E-state index < -0.39 is 0 Å². The fourth-order valence-electron chi connectivity index (χ4n) is 2.06. The van der Waals surface area contributed by atoms with Crippen molar-refractivity contribution in [3.63, 3.8) is 0 Å². The van der Waals surface area contributed by atoms with Crippen LogP contribution in [0, 0.1) is 0 Å². The van der Waals surface area contributed by atoms with Gasteiger partial charge in [0.2, 0.25) is 0 Å². The first-order chi connectivity index (χ1) is 9.20. The minimum Gasteiger partial charge on any atom is -0.329 e. The number of aromatic nitrogens is 2. The second-order valence-electron chi connectivity index (χ2n) is 4.55. The Bertz CT molecular complexity index is 496. The van der Waals surface area contributed by atoms with Gasteiger partial charge in [-0.25, -0.2) is 0 Å². The van der Waals surface area contributed by atoms with Gasteiger partial charge in [0, 0.05) is 33.2 Å². The molecule has 2 N–H and O–H groups in total. The van der Waals surface area contributed by atoms with Crippen molar-refractivity contribution in [2.75, 3.05) is 13.1 Å². The van der Waals surface area contributed by atoms with Gasteiger partial charge < -0.3 is 5.73 Å². The Morgan fingerprint density at radius 1 is 1.25 bits per heavy atom. The Balaban J connectivity index is 0.00000200. The molecule has 0 fully saturated rings. The third-order valence-corrected chi connectivity index (χ3v) is 3.74. The maximum Gasteiger partial charge on any atom is 0.0663 e. The molecule has 2 rings (SSSR count). The Kier molecular flexibility index (Phi) is 7.23. The van der Waals surface area contributed by atoms with Crippen molar-refractivity contribution >= 4 is 28.3 Å². The molecular formula is C14H20BrClN4. The highest BCUT2D eigenvalue weighted by atomic mass is 79.9. The molecule has 0 amide bonds. The number of hydrogen-bond donors (Lipinski definition) is 1. The maximum absolute atomic E-state index is 5.71. The van der Waals surface area contributed by atoms with Crippen molar-refractivity contribution in [1.29, 1.82) is 0 Å². The summed E-state index contributed by atoms with van der Waals surface area (Å²) in [6, 6.07) is 10.4. The lowest BCUT2D eigenvalue weighted by Crippen LogP contribution is -2.29. The Hall–Kier alpha value is -0.880. The average molecular weight is 360 g/mol. The van der Waals surface area contributed by atoms with E-state index in [2.05, 4.69) is 50.2 Å². The Morgan fingerprint density at radius 2 is 1.95 bits per heavy atom. The van der Waals surface area contributed by atoms with E-state index in [1.807, 2.05) is 24.0 Å². The highest BCUT2D eigenvalue weighted by Crippen LogP contribution is 2.18. The highest BCUT2D eigenvalue weighted by Gasteiger charge is 2.12. The predicted octanol–water partition coefficient (Wildman–Crippen LogP) is 2.57. The van der Waals surface area contributed by atoms with Crippen LogP contribution in [0.1, 0.15) is 11.3 Å². The van der Waals surface area contributed by atoms with Crippen LogP contribution in [0.3, 0.4) is 0 Å². The lowest BCUT2D eigenvalue weighted by molar-refractivity contribution is 0.257. The molecule has 0 spiro atoms. The third-order valence-electron chi connectivity index (χ3n) is 3.08. The summed E-state index contributed by atoms with van der Waals surface area (Å²) in [5.74, 6) is 0. The molecule has 1 aromatic heterocycles. The van der Waals surface area contributed by atoms with Crippen molar-refractivity contribution < 1.29 is 0 Å². The zero-order chi connectivity index (χ0) is 13.7. The minimum atomic E-state index is 0. The fraction of sp³-hybridized carbons (Fsp3) is 0.357. The molecule has 0 bridgehead atoms. The molecule has 2 aromatic rings. The Labute approximate surface area is 134 Å². The molecule has 110 valence electrons. The molecule has 4 nitrogen and oxygen atoms in total. The molecule has 1 aromatic carbocycles. The van der Waals surface area contributed by atoms with Crippen LogP contribution in [0.2, 0.25) is 0 Å². The molecule has 0 saturated carbocycles. The van der Waals surface area contributed by atoms with Crippen LogP contribution in [-0.2, 0) is 20.1 Å². The summed E-state index contributed by atoms with van der Waals surface area (Å²) in [7, 11) is 1.96. The molecule has 0 aliphatic heterocycles. The number of benzene rings is 1. The second-order valence-corrected chi connectivity index (χ2v) is 5.40. The molecule has 1 heterocycles. The van der Waals surface area contributed by atoms with Gasteiger partial charge in [-0.3, -0.25) is 9.58 Å². The zero-order valence-electron chi connectivity index (χ0n) is 11.5. The first kappa shape index (κ1) is 17.2. The number of nitrogens with zero attached hydrogens (tertiary/aromatic N) is 3. The summed E-state index contributed by atoms with van der Waals surface area (Å²) < 4.78 is 2.95. The number of aryl methyl sites for hydroxylation is 1.